The van der Waals surface area contributed by atoms with Gasteiger partial charge in [0.15, 0.2) is 0 Å². The fourth-order valence-electron chi connectivity index (χ4n) is 5.02. The zero-order valence-electron chi connectivity index (χ0n) is 17.9. The molecule has 3 fully saturated rings. The molecule has 1 aliphatic carbocycles. The van der Waals surface area contributed by atoms with Crippen LogP contribution in [-0.4, -0.2) is 71.8 Å². The number of carbonyl (C=O) groups excluding carboxylic acids is 2. The molecule has 5 nitrogen and oxygen atoms in total. The van der Waals surface area contributed by atoms with E-state index in [0.29, 0.717) is 11.8 Å². The summed E-state index contributed by atoms with van der Waals surface area (Å²) in [4.78, 5) is 32.6. The Labute approximate surface area is 165 Å². The molecular weight excluding hydrogens is 338 g/mol. The Morgan fingerprint density at radius 3 is 1.89 bits per heavy atom. The second kappa shape index (κ2) is 8.50. The van der Waals surface area contributed by atoms with Crippen LogP contribution in [0, 0.1) is 17.3 Å². The van der Waals surface area contributed by atoms with Crippen molar-refractivity contribution in [1.29, 1.82) is 0 Å². The van der Waals surface area contributed by atoms with Crippen LogP contribution in [0.3, 0.4) is 0 Å². The van der Waals surface area contributed by atoms with Gasteiger partial charge in [0.05, 0.1) is 6.04 Å². The largest absolute Gasteiger partial charge is 0.341 e. The zero-order chi connectivity index (χ0) is 19.6. The van der Waals surface area contributed by atoms with E-state index in [1.165, 1.54) is 25.7 Å². The Morgan fingerprint density at radius 1 is 0.815 bits per heavy atom. The minimum absolute atomic E-state index is 0.0350. The monoisotopic (exact) mass is 377 g/mol. The predicted molar refractivity (Wildman–Crippen MR) is 108 cm³/mol. The van der Waals surface area contributed by atoms with Crippen molar-refractivity contribution in [2.45, 2.75) is 72.3 Å². The predicted octanol–water partition coefficient (Wildman–Crippen LogP) is 2.99. The van der Waals surface area contributed by atoms with E-state index in [9.17, 15) is 9.59 Å². The van der Waals surface area contributed by atoms with Gasteiger partial charge in [-0.05, 0) is 37.5 Å². The smallest absolute Gasteiger partial charge is 0.240 e. The van der Waals surface area contributed by atoms with Crippen molar-refractivity contribution < 1.29 is 9.59 Å². The fourth-order valence-corrected chi connectivity index (χ4v) is 5.02. The molecule has 0 bridgehead atoms. The van der Waals surface area contributed by atoms with Crippen LogP contribution in [0.25, 0.3) is 0 Å². The number of piperazine rings is 1. The number of likely N-dealkylation sites (tertiary alicyclic amines) is 1. The molecule has 0 aromatic rings. The van der Waals surface area contributed by atoms with Crippen LogP contribution in [0.15, 0.2) is 0 Å². The number of amides is 2. The molecule has 0 radical (unpaired) electrons. The van der Waals surface area contributed by atoms with Gasteiger partial charge in [-0.3, -0.25) is 14.5 Å². The van der Waals surface area contributed by atoms with Gasteiger partial charge in [-0.25, -0.2) is 0 Å². The molecule has 3 aliphatic rings. The van der Waals surface area contributed by atoms with Gasteiger partial charge < -0.3 is 9.80 Å². The van der Waals surface area contributed by atoms with Crippen molar-refractivity contribution in [1.82, 2.24) is 14.7 Å². The molecule has 27 heavy (non-hydrogen) atoms. The summed E-state index contributed by atoms with van der Waals surface area (Å²) in [6.45, 7) is 13.3. The molecule has 0 aromatic carbocycles. The normalized spacial score (nSPS) is 25.0. The molecule has 0 N–H and O–H groups in total. The molecule has 1 atom stereocenters. The first-order chi connectivity index (χ1) is 12.8. The number of hydrogen-bond donors (Lipinski definition) is 0. The first-order valence-electron chi connectivity index (χ1n) is 11.1. The highest BCUT2D eigenvalue weighted by Gasteiger charge is 2.40. The van der Waals surface area contributed by atoms with Gasteiger partial charge in [0.25, 0.3) is 0 Å². The molecule has 2 amide bonds. The second-order valence-electron chi connectivity index (χ2n) is 10.1. The summed E-state index contributed by atoms with van der Waals surface area (Å²) in [5, 5.41) is 0. The fraction of sp³-hybridized carbons (Fsp3) is 0.909. The van der Waals surface area contributed by atoms with Gasteiger partial charge in [0.1, 0.15) is 0 Å². The van der Waals surface area contributed by atoms with Gasteiger partial charge in [0, 0.05) is 44.7 Å². The summed E-state index contributed by atoms with van der Waals surface area (Å²) in [5.74, 6) is 1.84. The van der Waals surface area contributed by atoms with Crippen molar-refractivity contribution in [3.8, 4) is 0 Å². The SMILES string of the molecule is CC1CCN(C(=O)[C@@H](C2CCCC2)N2CCN(C(=O)C(C)(C)C)CC2)CC1. The van der Waals surface area contributed by atoms with Crippen molar-refractivity contribution in [2.75, 3.05) is 39.3 Å². The van der Waals surface area contributed by atoms with Crippen LogP contribution < -0.4 is 0 Å². The molecule has 154 valence electrons. The zero-order valence-corrected chi connectivity index (χ0v) is 17.9. The third-order valence-electron chi connectivity index (χ3n) is 6.83. The molecular formula is C22H39N3O2. The maximum absolute atomic E-state index is 13.5. The van der Waals surface area contributed by atoms with Crippen LogP contribution >= 0.6 is 0 Å². The number of piperidine rings is 1. The summed E-state index contributed by atoms with van der Waals surface area (Å²) in [6.07, 6.45) is 7.15. The number of nitrogens with zero attached hydrogens (tertiary/aromatic N) is 3. The Kier molecular flexibility index (Phi) is 6.50. The lowest BCUT2D eigenvalue weighted by Crippen LogP contribution is -2.59. The minimum atomic E-state index is -0.326. The molecule has 2 aliphatic heterocycles. The van der Waals surface area contributed by atoms with Crippen LogP contribution in [0.1, 0.15) is 66.2 Å². The van der Waals surface area contributed by atoms with Gasteiger partial charge in [-0.2, -0.15) is 0 Å². The third kappa shape index (κ3) is 4.85. The van der Waals surface area contributed by atoms with Crippen LogP contribution in [0.5, 0.6) is 0 Å². The third-order valence-corrected chi connectivity index (χ3v) is 6.83. The van der Waals surface area contributed by atoms with Crippen LogP contribution in [-0.2, 0) is 9.59 Å². The molecule has 1 saturated carbocycles. The van der Waals surface area contributed by atoms with E-state index >= 15 is 0 Å². The number of carbonyl (C=O) groups is 2. The minimum Gasteiger partial charge on any atom is -0.341 e. The van der Waals surface area contributed by atoms with E-state index in [1.54, 1.807) is 0 Å². The molecule has 5 heteroatoms. The standard InChI is InChI=1S/C22H39N3O2/c1-17-9-11-24(12-10-17)20(26)19(18-7-5-6-8-18)23-13-15-25(16-14-23)21(27)22(2,3)4/h17-19H,5-16H2,1-4H3/t19-/m1/s1. The quantitative estimate of drug-likeness (QED) is 0.759. The highest BCUT2D eigenvalue weighted by Crippen LogP contribution is 2.33. The lowest BCUT2D eigenvalue weighted by Gasteiger charge is -2.44. The molecule has 0 unspecified atom stereocenters. The van der Waals surface area contributed by atoms with Gasteiger partial charge in [0.2, 0.25) is 11.8 Å². The lowest BCUT2D eigenvalue weighted by atomic mass is 9.91. The van der Waals surface area contributed by atoms with E-state index in [-0.39, 0.29) is 17.4 Å². The van der Waals surface area contributed by atoms with E-state index in [2.05, 4.69) is 16.7 Å². The highest BCUT2D eigenvalue weighted by molar-refractivity contribution is 5.83. The molecule has 2 heterocycles. The van der Waals surface area contributed by atoms with Crippen molar-refractivity contribution in [3.05, 3.63) is 0 Å². The molecule has 3 rings (SSSR count). The highest BCUT2D eigenvalue weighted by atomic mass is 16.2. The first kappa shape index (κ1) is 20.6. The average Bonchev–Trinajstić information content (AvgIpc) is 3.16. The Morgan fingerprint density at radius 2 is 1.37 bits per heavy atom. The number of hydrogen-bond acceptors (Lipinski definition) is 3. The first-order valence-corrected chi connectivity index (χ1v) is 11.1. The van der Waals surface area contributed by atoms with Crippen molar-refractivity contribution in [2.24, 2.45) is 17.3 Å². The van der Waals surface area contributed by atoms with Gasteiger partial charge in [-0.1, -0.05) is 40.5 Å². The Bertz CT molecular complexity index is 520. The van der Waals surface area contributed by atoms with Crippen molar-refractivity contribution >= 4 is 11.8 Å². The average molecular weight is 378 g/mol. The maximum atomic E-state index is 13.5. The van der Waals surface area contributed by atoms with Crippen LogP contribution in [0.2, 0.25) is 0 Å². The van der Waals surface area contributed by atoms with Gasteiger partial charge in [-0.15, -0.1) is 0 Å². The molecule has 2 saturated heterocycles. The Balaban J connectivity index is 1.66. The summed E-state index contributed by atoms with van der Waals surface area (Å²) in [7, 11) is 0. The number of rotatable bonds is 3. The lowest BCUT2D eigenvalue weighted by molar-refractivity contribution is -0.145. The molecule has 0 spiro atoms. The second-order valence-corrected chi connectivity index (χ2v) is 10.1. The Hall–Kier alpha value is -1.10. The maximum Gasteiger partial charge on any atom is 0.240 e. The molecule has 0 aromatic heterocycles. The van der Waals surface area contributed by atoms with E-state index in [0.717, 1.165) is 58.0 Å². The summed E-state index contributed by atoms with van der Waals surface area (Å²) >= 11 is 0. The van der Waals surface area contributed by atoms with E-state index < -0.39 is 0 Å². The van der Waals surface area contributed by atoms with E-state index in [1.807, 2.05) is 25.7 Å². The van der Waals surface area contributed by atoms with Crippen molar-refractivity contribution in [3.63, 3.8) is 0 Å². The summed E-state index contributed by atoms with van der Waals surface area (Å²) in [6, 6.07) is 0.0350. The summed E-state index contributed by atoms with van der Waals surface area (Å²) in [5.41, 5.74) is -0.326. The van der Waals surface area contributed by atoms with Gasteiger partial charge >= 0.3 is 0 Å². The topological polar surface area (TPSA) is 43.9 Å². The van der Waals surface area contributed by atoms with E-state index in [4.69, 9.17) is 0 Å². The van der Waals surface area contributed by atoms with Crippen LogP contribution in [0.4, 0.5) is 0 Å². The summed E-state index contributed by atoms with van der Waals surface area (Å²) < 4.78 is 0.